The molecule has 0 fully saturated rings. The van der Waals surface area contributed by atoms with Gasteiger partial charge in [-0.2, -0.15) is 10.2 Å². The fourth-order valence-electron chi connectivity index (χ4n) is 3.11. The van der Waals surface area contributed by atoms with Crippen molar-refractivity contribution in [2.45, 2.75) is 6.54 Å². The fraction of sp³-hybridized carbons (Fsp3) is 0.0400. The summed E-state index contributed by atoms with van der Waals surface area (Å²) in [6.07, 6.45) is 2.69. The molecular weight excluding hydrogens is 475 g/mol. The van der Waals surface area contributed by atoms with Crippen LogP contribution in [0, 0.1) is 11.3 Å². The molecule has 2 heterocycles. The average Bonchev–Trinajstić information content (AvgIpc) is 2.85. The van der Waals surface area contributed by atoms with Gasteiger partial charge < -0.3 is 10.1 Å². The summed E-state index contributed by atoms with van der Waals surface area (Å²) in [4.78, 5) is 30.3. The molecule has 0 aliphatic heterocycles. The topological polar surface area (TPSA) is 96.5 Å². The molecule has 9 heteroatoms. The zero-order valence-corrected chi connectivity index (χ0v) is 19.0. The molecule has 0 unspecified atom stereocenters. The number of fused-ring (bicyclic) bond motifs is 1. The molecule has 34 heavy (non-hydrogen) atoms. The van der Waals surface area contributed by atoms with Gasteiger partial charge >= 0.3 is 0 Å². The van der Waals surface area contributed by atoms with Crippen LogP contribution < -0.4 is 15.6 Å². The molecule has 0 saturated heterocycles. The smallest absolute Gasteiger partial charge is 0.269 e. The van der Waals surface area contributed by atoms with Crippen LogP contribution in [0.5, 0.6) is 11.6 Å². The van der Waals surface area contributed by atoms with Crippen molar-refractivity contribution in [1.29, 1.82) is 5.26 Å². The maximum absolute atomic E-state index is 13.2. The van der Waals surface area contributed by atoms with Crippen molar-refractivity contribution in [1.82, 2.24) is 14.7 Å². The Balaban J connectivity index is 1.76. The molecule has 2 aromatic heterocycles. The highest BCUT2D eigenvalue weighted by molar-refractivity contribution is 6.35. The van der Waals surface area contributed by atoms with E-state index in [-0.39, 0.29) is 34.3 Å². The second-order valence-corrected chi connectivity index (χ2v) is 7.92. The van der Waals surface area contributed by atoms with Gasteiger partial charge in [0, 0.05) is 17.8 Å². The van der Waals surface area contributed by atoms with Gasteiger partial charge in [-0.1, -0.05) is 59.6 Å². The lowest BCUT2D eigenvalue weighted by Gasteiger charge is -2.11. The van der Waals surface area contributed by atoms with Crippen molar-refractivity contribution in [2.75, 3.05) is 0 Å². The Hall–Kier alpha value is -4.12. The van der Waals surface area contributed by atoms with Crippen LogP contribution in [0.15, 0.2) is 83.3 Å². The standard InChI is InChI=1S/C25H16Cl2N4O3/c26-18-9-10-21(20(27)13-18)34-24-19(25(33)31-11-5-4-8-22(31)30-24)12-17(14-28)23(32)29-15-16-6-2-1-3-7-16/h1-13H,15H2,(H,29,32)/b17-12+. The minimum absolute atomic E-state index is 0.0823. The van der Waals surface area contributed by atoms with Gasteiger partial charge in [0.2, 0.25) is 5.88 Å². The van der Waals surface area contributed by atoms with E-state index in [9.17, 15) is 14.9 Å². The molecule has 0 aliphatic carbocycles. The van der Waals surface area contributed by atoms with Gasteiger partial charge in [0.25, 0.3) is 11.5 Å². The quantitative estimate of drug-likeness (QED) is 0.302. The second kappa shape index (κ2) is 10.2. The van der Waals surface area contributed by atoms with Crippen LogP contribution in [0.1, 0.15) is 11.1 Å². The van der Waals surface area contributed by atoms with Gasteiger partial charge in [0.05, 0.1) is 5.02 Å². The van der Waals surface area contributed by atoms with Crippen LogP contribution in [0.3, 0.4) is 0 Å². The summed E-state index contributed by atoms with van der Waals surface area (Å²) in [5.41, 5.74) is 0.298. The predicted molar refractivity (Wildman–Crippen MR) is 130 cm³/mol. The lowest BCUT2D eigenvalue weighted by molar-refractivity contribution is -0.117. The minimum Gasteiger partial charge on any atom is -0.437 e. The largest absolute Gasteiger partial charge is 0.437 e. The van der Waals surface area contributed by atoms with Gasteiger partial charge in [0.15, 0.2) is 0 Å². The van der Waals surface area contributed by atoms with Gasteiger partial charge in [0.1, 0.15) is 28.6 Å². The predicted octanol–water partition coefficient (Wildman–Crippen LogP) is 5.02. The Kier molecular flexibility index (Phi) is 6.93. The van der Waals surface area contributed by atoms with E-state index in [1.807, 2.05) is 36.4 Å². The molecular formula is C25H16Cl2N4O3. The first-order valence-corrected chi connectivity index (χ1v) is 10.8. The van der Waals surface area contributed by atoms with E-state index in [1.54, 1.807) is 24.3 Å². The molecule has 1 N–H and O–H groups in total. The number of nitrogens with zero attached hydrogens (tertiary/aromatic N) is 3. The number of hydrogen-bond donors (Lipinski definition) is 1. The van der Waals surface area contributed by atoms with E-state index >= 15 is 0 Å². The number of halogens is 2. The molecule has 2 aromatic carbocycles. The SMILES string of the molecule is N#C/C(=C\c1c(Oc2ccc(Cl)cc2Cl)nc2ccccn2c1=O)C(=O)NCc1ccccc1. The van der Waals surface area contributed by atoms with Crippen molar-refractivity contribution in [3.63, 3.8) is 0 Å². The van der Waals surface area contributed by atoms with E-state index in [0.29, 0.717) is 10.7 Å². The van der Waals surface area contributed by atoms with E-state index < -0.39 is 11.5 Å². The Labute approximate surface area is 204 Å². The number of aromatic nitrogens is 2. The average molecular weight is 491 g/mol. The van der Waals surface area contributed by atoms with Crippen molar-refractivity contribution in [3.05, 3.63) is 110 Å². The van der Waals surface area contributed by atoms with Crippen molar-refractivity contribution in [2.24, 2.45) is 0 Å². The lowest BCUT2D eigenvalue weighted by Crippen LogP contribution is -2.25. The highest BCUT2D eigenvalue weighted by Crippen LogP contribution is 2.32. The van der Waals surface area contributed by atoms with E-state index in [4.69, 9.17) is 27.9 Å². The molecule has 0 bridgehead atoms. The molecule has 4 aromatic rings. The van der Waals surface area contributed by atoms with E-state index in [1.165, 1.54) is 22.7 Å². The number of pyridine rings is 1. The number of benzene rings is 2. The third-order valence-corrected chi connectivity index (χ3v) is 5.31. The third-order valence-electron chi connectivity index (χ3n) is 4.78. The molecule has 0 radical (unpaired) electrons. The molecule has 4 rings (SSSR count). The number of carbonyl (C=O) groups excluding carboxylic acids is 1. The third kappa shape index (κ3) is 5.09. The highest BCUT2D eigenvalue weighted by Gasteiger charge is 2.18. The summed E-state index contributed by atoms with van der Waals surface area (Å²) in [6, 6.07) is 20.7. The number of hydrogen-bond acceptors (Lipinski definition) is 5. The first-order chi connectivity index (χ1) is 16.5. The maximum atomic E-state index is 13.2. The van der Waals surface area contributed by atoms with Crippen molar-refractivity contribution < 1.29 is 9.53 Å². The molecule has 0 saturated carbocycles. The molecule has 168 valence electrons. The van der Waals surface area contributed by atoms with Crippen LogP contribution >= 0.6 is 23.2 Å². The van der Waals surface area contributed by atoms with Crippen molar-refractivity contribution in [3.8, 4) is 17.7 Å². The zero-order valence-electron chi connectivity index (χ0n) is 17.5. The number of rotatable bonds is 6. The fourth-order valence-corrected chi connectivity index (χ4v) is 3.56. The highest BCUT2D eigenvalue weighted by atomic mass is 35.5. The van der Waals surface area contributed by atoms with Crippen LogP contribution in [0.4, 0.5) is 0 Å². The molecule has 0 atom stereocenters. The number of ether oxygens (including phenoxy) is 1. The van der Waals surface area contributed by atoms with E-state index in [0.717, 1.165) is 11.6 Å². The summed E-state index contributed by atoms with van der Waals surface area (Å²) in [6.45, 7) is 0.220. The maximum Gasteiger partial charge on any atom is 0.269 e. The minimum atomic E-state index is -0.639. The van der Waals surface area contributed by atoms with Crippen LogP contribution in [0.25, 0.3) is 11.7 Å². The summed E-state index contributed by atoms with van der Waals surface area (Å²) in [5, 5.41) is 12.9. The first-order valence-electron chi connectivity index (χ1n) is 10.0. The van der Waals surface area contributed by atoms with Gasteiger partial charge in [-0.3, -0.25) is 14.0 Å². The number of nitriles is 1. The Morgan fingerprint density at radius 2 is 1.88 bits per heavy atom. The van der Waals surface area contributed by atoms with Crippen molar-refractivity contribution >= 4 is 40.8 Å². The Morgan fingerprint density at radius 3 is 2.62 bits per heavy atom. The molecule has 0 spiro atoms. The summed E-state index contributed by atoms with van der Waals surface area (Å²) in [5.74, 6) is -0.539. The first kappa shape index (κ1) is 23.1. The number of carbonyl (C=O) groups is 1. The molecule has 7 nitrogen and oxygen atoms in total. The van der Waals surface area contributed by atoms with Gasteiger partial charge in [-0.15, -0.1) is 0 Å². The number of nitrogens with one attached hydrogen (secondary N) is 1. The van der Waals surface area contributed by atoms with E-state index in [2.05, 4.69) is 10.3 Å². The molecule has 0 aliphatic rings. The van der Waals surface area contributed by atoms with Crippen LogP contribution in [-0.2, 0) is 11.3 Å². The Morgan fingerprint density at radius 1 is 1.12 bits per heavy atom. The summed E-state index contributed by atoms with van der Waals surface area (Å²) < 4.78 is 7.13. The van der Waals surface area contributed by atoms with Gasteiger partial charge in [-0.25, -0.2) is 0 Å². The van der Waals surface area contributed by atoms with Crippen LogP contribution in [-0.4, -0.2) is 15.3 Å². The van der Waals surface area contributed by atoms with Gasteiger partial charge in [-0.05, 0) is 42.0 Å². The summed E-state index contributed by atoms with van der Waals surface area (Å²) >= 11 is 12.2. The zero-order chi connectivity index (χ0) is 24.1. The summed E-state index contributed by atoms with van der Waals surface area (Å²) in [7, 11) is 0. The molecule has 1 amide bonds. The monoisotopic (exact) mass is 490 g/mol. The second-order valence-electron chi connectivity index (χ2n) is 7.08. The Bertz CT molecular complexity index is 1510. The van der Waals surface area contributed by atoms with Crippen LogP contribution in [0.2, 0.25) is 10.0 Å². The number of amides is 1. The normalized spacial score (nSPS) is 11.1. The lowest BCUT2D eigenvalue weighted by atomic mass is 10.1.